The maximum atomic E-state index is 8.60. The van der Waals surface area contributed by atoms with Gasteiger partial charge in [-0.15, -0.1) is 0 Å². The Hall–Kier alpha value is -2.87. The summed E-state index contributed by atoms with van der Waals surface area (Å²) < 4.78 is 32.7. The maximum Gasteiger partial charge on any atom is 0.0777 e. The predicted octanol–water partition coefficient (Wildman–Crippen LogP) is 14.1. The lowest BCUT2D eigenvalue weighted by Crippen LogP contribution is -2.58. The Balaban J connectivity index is 0.00000257. The van der Waals surface area contributed by atoms with Gasteiger partial charge in [0.1, 0.15) is 0 Å². The fourth-order valence-corrected chi connectivity index (χ4v) is 8.43. The van der Waals surface area contributed by atoms with Gasteiger partial charge in [-0.25, -0.2) is 0 Å². The molecule has 356 valence electrons. The third-order valence-corrected chi connectivity index (χ3v) is 12.2. The van der Waals surface area contributed by atoms with Gasteiger partial charge in [-0.1, -0.05) is 279 Å². The van der Waals surface area contributed by atoms with Gasteiger partial charge in [0.2, 0.25) is 0 Å². The first-order valence-electron chi connectivity index (χ1n) is 25.9. The molecule has 0 saturated carbocycles. The molecule has 3 rings (SSSR count). The van der Waals surface area contributed by atoms with Crippen LogP contribution in [0.3, 0.4) is 0 Å². The van der Waals surface area contributed by atoms with Crippen molar-refractivity contribution in [3.63, 3.8) is 0 Å². The average Bonchev–Trinajstić information content (AvgIpc) is 3.28. The van der Waals surface area contributed by atoms with Crippen LogP contribution in [-0.2, 0) is 0 Å². The van der Waals surface area contributed by atoms with Gasteiger partial charge in [-0.05, 0) is 36.1 Å². The molecule has 1 aliphatic heterocycles. The smallest absolute Gasteiger partial charge is 0.0777 e. The fraction of sp³-hybridized carbons (Fsp3) is 0.643. The SMILES string of the molecule is CCCCCCCCCCCCCCCCCCN1C=C(C=Cc2ccccc2)N(CCCCCCCCCCCCCCCCCC)C=C1C=Cc1ccccc1.[O-][Cl+3]([O-])([O-])O. The van der Waals surface area contributed by atoms with Crippen LogP contribution < -0.4 is 14.0 Å². The summed E-state index contributed by atoms with van der Waals surface area (Å²) in [6, 6.07) is 21.6. The lowest BCUT2D eigenvalue weighted by atomic mass is 10.0. The van der Waals surface area contributed by atoms with Crippen molar-refractivity contribution in [2.45, 2.75) is 219 Å². The molecule has 0 saturated heterocycles. The van der Waals surface area contributed by atoms with Crippen LogP contribution in [0.25, 0.3) is 12.2 Å². The van der Waals surface area contributed by atoms with Crippen LogP contribution in [0.15, 0.2) is 96.6 Å². The van der Waals surface area contributed by atoms with Crippen LogP contribution in [0.4, 0.5) is 0 Å². The molecule has 0 aromatic heterocycles. The third-order valence-electron chi connectivity index (χ3n) is 12.2. The molecule has 1 N–H and O–H groups in total. The first-order chi connectivity index (χ1) is 30.8. The van der Waals surface area contributed by atoms with Gasteiger partial charge < -0.3 is 9.80 Å². The molecule has 0 amide bonds. The standard InChI is InChI=1S/C56H90N2.ClHO4/c1-3-5-7-9-11-13-15-17-19-21-23-25-27-29-31-39-49-57-51-56(48-46-54-43-37-34-38-44-54)58(52-55(57)47-45-53-41-35-33-36-42-53)50-40-32-30-28-26-24-22-20-18-16-14-12-10-8-6-4-2;2-1(3,4)5/h33-38,41-48,51-52H,3-32,39-40,49-50H2,1-2H3;(H,2,3,4,5). The number of hydrogen-bond acceptors (Lipinski definition) is 6. The van der Waals surface area contributed by atoms with E-state index < -0.39 is 10.2 Å². The van der Waals surface area contributed by atoms with Crippen molar-refractivity contribution >= 4 is 12.2 Å². The largest absolute Gasteiger partial charge is 0.345 e. The molecule has 0 spiro atoms. The van der Waals surface area contributed by atoms with Crippen LogP contribution in [0.2, 0.25) is 0 Å². The summed E-state index contributed by atoms with van der Waals surface area (Å²) in [6.45, 7) is 6.75. The highest BCUT2D eigenvalue weighted by Crippen LogP contribution is 2.25. The lowest BCUT2D eigenvalue weighted by molar-refractivity contribution is -1.92. The second-order valence-corrected chi connectivity index (χ2v) is 18.8. The molecule has 1 heterocycles. The van der Waals surface area contributed by atoms with Crippen molar-refractivity contribution in [2.24, 2.45) is 0 Å². The number of rotatable bonds is 38. The Kier molecular flexibility index (Phi) is 35.3. The normalized spacial score (nSPS) is 13.2. The molecule has 0 fully saturated rings. The number of halogens is 1. The molecule has 0 radical (unpaired) electrons. The molecule has 0 bridgehead atoms. The number of allylic oxidation sites excluding steroid dienone is 2. The highest BCUT2D eigenvalue weighted by molar-refractivity contribution is 5.55. The molecule has 0 unspecified atom stereocenters. The van der Waals surface area contributed by atoms with E-state index in [1.165, 1.54) is 228 Å². The topological polar surface area (TPSA) is 95.9 Å². The van der Waals surface area contributed by atoms with Gasteiger partial charge in [-0.2, -0.15) is 14.0 Å². The van der Waals surface area contributed by atoms with E-state index in [1.54, 1.807) is 0 Å². The molecule has 7 heteroatoms. The van der Waals surface area contributed by atoms with Crippen molar-refractivity contribution in [3.05, 3.63) is 108 Å². The van der Waals surface area contributed by atoms with E-state index >= 15 is 0 Å². The molecule has 2 aromatic carbocycles. The second-order valence-electron chi connectivity index (χ2n) is 18.0. The first-order valence-corrected chi connectivity index (χ1v) is 27.1. The summed E-state index contributed by atoms with van der Waals surface area (Å²) in [5.74, 6) is 0. The average molecular weight is 892 g/mol. The minimum absolute atomic E-state index is 1.07. The van der Waals surface area contributed by atoms with E-state index in [9.17, 15) is 0 Å². The Labute approximate surface area is 389 Å². The zero-order chi connectivity index (χ0) is 45.3. The summed E-state index contributed by atoms with van der Waals surface area (Å²) in [5, 5.41) is 0. The van der Waals surface area contributed by atoms with Crippen molar-refractivity contribution in [1.29, 1.82) is 0 Å². The lowest BCUT2D eigenvalue weighted by Gasteiger charge is -2.33. The summed E-state index contributed by atoms with van der Waals surface area (Å²) in [6.07, 6.45) is 59.1. The van der Waals surface area contributed by atoms with Crippen molar-refractivity contribution < 1.29 is 28.9 Å². The fourth-order valence-electron chi connectivity index (χ4n) is 8.43. The van der Waals surface area contributed by atoms with E-state index in [4.69, 9.17) is 18.6 Å². The van der Waals surface area contributed by atoms with Gasteiger partial charge in [0.15, 0.2) is 0 Å². The molecule has 6 nitrogen and oxygen atoms in total. The Morgan fingerprint density at radius 1 is 0.365 bits per heavy atom. The van der Waals surface area contributed by atoms with Crippen molar-refractivity contribution in [1.82, 2.24) is 9.80 Å². The molecule has 1 aliphatic rings. The van der Waals surface area contributed by atoms with Crippen molar-refractivity contribution in [3.8, 4) is 0 Å². The summed E-state index contributed by atoms with van der Waals surface area (Å²) in [7, 11) is -4.69. The van der Waals surface area contributed by atoms with Gasteiger partial charge in [0.05, 0.1) is 26.3 Å². The third kappa shape index (κ3) is 34.2. The molecule has 0 atom stereocenters. The van der Waals surface area contributed by atoms with Crippen LogP contribution >= 0.6 is 0 Å². The number of unbranched alkanes of at least 4 members (excludes halogenated alkanes) is 30. The van der Waals surface area contributed by atoms with Crippen molar-refractivity contribution in [2.75, 3.05) is 13.1 Å². The van der Waals surface area contributed by atoms with Gasteiger partial charge in [0, 0.05) is 25.5 Å². The quantitative estimate of drug-likeness (QED) is 0.0675. The molecule has 63 heavy (non-hydrogen) atoms. The molecular formula is C56H91ClN2O4. The van der Waals surface area contributed by atoms with Crippen LogP contribution in [0, 0.1) is 10.2 Å². The highest BCUT2D eigenvalue weighted by atomic mass is 35.7. The zero-order valence-electron chi connectivity index (χ0n) is 40.2. The van der Waals surface area contributed by atoms with Gasteiger partial charge in [0.25, 0.3) is 0 Å². The zero-order valence-corrected chi connectivity index (χ0v) is 41.0. The maximum absolute atomic E-state index is 8.60. The molecule has 0 aliphatic carbocycles. The summed E-state index contributed by atoms with van der Waals surface area (Å²) >= 11 is 0. The van der Waals surface area contributed by atoms with E-state index in [-0.39, 0.29) is 0 Å². The van der Waals surface area contributed by atoms with Crippen LogP contribution in [0.1, 0.15) is 230 Å². The number of nitrogens with zero attached hydrogens (tertiary/aromatic N) is 2. The van der Waals surface area contributed by atoms with E-state index in [0.29, 0.717) is 0 Å². The summed E-state index contributed by atoms with van der Waals surface area (Å²) in [5.41, 5.74) is 5.12. The second kappa shape index (κ2) is 39.5. The number of benzene rings is 2. The monoisotopic (exact) mass is 891 g/mol. The van der Waals surface area contributed by atoms with Gasteiger partial charge in [-0.3, -0.25) is 0 Å². The minimum Gasteiger partial charge on any atom is -0.345 e. The van der Waals surface area contributed by atoms with E-state index in [0.717, 1.165) is 13.1 Å². The Bertz CT molecular complexity index is 1330. The van der Waals surface area contributed by atoms with Crippen LogP contribution in [0.5, 0.6) is 0 Å². The highest BCUT2D eigenvalue weighted by Gasteiger charge is 2.17. The summed E-state index contributed by atoms with van der Waals surface area (Å²) in [4.78, 5) is 5.05. The minimum atomic E-state index is -4.69. The van der Waals surface area contributed by atoms with E-state index in [1.807, 2.05) is 0 Å². The Morgan fingerprint density at radius 2 is 0.587 bits per heavy atom. The molecular weight excluding hydrogens is 800 g/mol. The van der Waals surface area contributed by atoms with E-state index in [2.05, 4.69) is 121 Å². The van der Waals surface area contributed by atoms with Crippen LogP contribution in [-0.4, -0.2) is 27.5 Å². The number of hydrogen-bond donors (Lipinski definition) is 1. The predicted molar refractivity (Wildman–Crippen MR) is 262 cm³/mol. The molecule has 2 aromatic rings. The van der Waals surface area contributed by atoms with Gasteiger partial charge >= 0.3 is 0 Å². The Morgan fingerprint density at radius 3 is 0.825 bits per heavy atom. The first kappa shape index (κ1) is 56.3.